The van der Waals surface area contributed by atoms with Gasteiger partial charge in [-0.15, -0.1) is 0 Å². The number of hydrogen-bond acceptors (Lipinski definition) is 6. The van der Waals surface area contributed by atoms with Gasteiger partial charge in [-0.25, -0.2) is 4.98 Å². The van der Waals surface area contributed by atoms with E-state index in [1.807, 2.05) is 65.2 Å². The van der Waals surface area contributed by atoms with Crippen molar-refractivity contribution in [1.29, 1.82) is 0 Å². The first-order valence-electron chi connectivity index (χ1n) is 13.0. The van der Waals surface area contributed by atoms with Crippen molar-refractivity contribution in [2.75, 3.05) is 56.8 Å². The molecule has 5 aromatic rings. The number of hydrogen-bond donors (Lipinski definition) is 2. The van der Waals surface area contributed by atoms with Gasteiger partial charge in [-0.3, -0.25) is 4.79 Å². The molecule has 0 amide bonds. The van der Waals surface area contributed by atoms with Crippen LogP contribution < -0.4 is 15.8 Å². The van der Waals surface area contributed by atoms with E-state index >= 15 is 0 Å². The third-order valence-corrected chi connectivity index (χ3v) is 7.04. The van der Waals surface area contributed by atoms with Crippen molar-refractivity contribution >= 4 is 33.3 Å². The second-order valence-electron chi connectivity index (χ2n) is 9.45. The number of para-hydroxylation sites is 1. The summed E-state index contributed by atoms with van der Waals surface area (Å²) in [5.74, 6) is 0.552. The maximum atomic E-state index is 14.2. The molecule has 0 radical (unpaired) electrons. The molecule has 1 aliphatic rings. The largest absolute Gasteiger partial charge is 0.383 e. The van der Waals surface area contributed by atoms with Crippen LogP contribution in [0.5, 0.6) is 0 Å². The number of nitrogens with one attached hydrogen (secondary N) is 2. The predicted molar refractivity (Wildman–Crippen MR) is 152 cm³/mol. The van der Waals surface area contributed by atoms with E-state index in [-0.39, 0.29) is 5.56 Å². The lowest BCUT2D eigenvalue weighted by atomic mass is 10.1. The molecule has 1 fully saturated rings. The molecule has 1 aliphatic heterocycles. The zero-order valence-electron chi connectivity index (χ0n) is 21.4. The van der Waals surface area contributed by atoms with E-state index in [1.54, 1.807) is 7.11 Å². The van der Waals surface area contributed by atoms with Crippen LogP contribution >= 0.6 is 0 Å². The summed E-state index contributed by atoms with van der Waals surface area (Å²) in [6.45, 7) is 4.71. The van der Waals surface area contributed by atoms with Crippen molar-refractivity contribution in [3.63, 3.8) is 0 Å². The first-order valence-corrected chi connectivity index (χ1v) is 13.0. The van der Waals surface area contributed by atoms with Crippen molar-refractivity contribution in [3.05, 3.63) is 88.7 Å². The monoisotopic (exact) mass is 509 g/mol. The minimum absolute atomic E-state index is 0.0973. The quantitative estimate of drug-likeness (QED) is 0.300. The fourth-order valence-electron chi connectivity index (χ4n) is 5.14. The summed E-state index contributed by atoms with van der Waals surface area (Å²) >= 11 is 0. The zero-order valence-corrected chi connectivity index (χ0v) is 21.4. The third-order valence-electron chi connectivity index (χ3n) is 7.04. The molecule has 3 heterocycles. The van der Waals surface area contributed by atoms with Gasteiger partial charge in [0.05, 0.1) is 48.6 Å². The van der Waals surface area contributed by atoms with Crippen LogP contribution in [0.4, 0.5) is 11.4 Å². The minimum Gasteiger partial charge on any atom is -0.383 e. The highest BCUT2D eigenvalue weighted by atomic mass is 16.5. The average Bonchev–Trinajstić information content (AvgIpc) is 3.39. The summed E-state index contributed by atoms with van der Waals surface area (Å²) in [5, 5.41) is 4.44. The Kier molecular flexibility index (Phi) is 6.81. The Labute approximate surface area is 220 Å². The summed E-state index contributed by atoms with van der Waals surface area (Å²) < 4.78 is 12.6. The zero-order chi connectivity index (χ0) is 25.9. The van der Waals surface area contributed by atoms with Crippen LogP contribution in [0, 0.1) is 0 Å². The van der Waals surface area contributed by atoms with Crippen molar-refractivity contribution < 1.29 is 9.47 Å². The Hall–Kier alpha value is -4.14. The van der Waals surface area contributed by atoms with Crippen LogP contribution in [-0.4, -0.2) is 61.1 Å². The molecular formula is C30H31N5O3. The van der Waals surface area contributed by atoms with Crippen molar-refractivity contribution in [2.24, 2.45) is 0 Å². The molecule has 0 atom stereocenters. The molecule has 0 unspecified atom stereocenters. The van der Waals surface area contributed by atoms with E-state index in [2.05, 4.69) is 27.3 Å². The number of methoxy groups -OCH3 is 1. The highest BCUT2D eigenvalue weighted by molar-refractivity contribution is 5.99. The number of nitrogens with zero attached hydrogens (tertiary/aromatic N) is 3. The third kappa shape index (κ3) is 4.64. The summed E-state index contributed by atoms with van der Waals surface area (Å²) in [6.07, 6.45) is 0. The number of fused-ring (bicyclic) bond motifs is 2. The molecule has 2 N–H and O–H groups in total. The second-order valence-corrected chi connectivity index (χ2v) is 9.45. The van der Waals surface area contributed by atoms with Crippen LogP contribution in [0.1, 0.15) is 5.56 Å². The number of anilines is 2. The van der Waals surface area contributed by atoms with Crippen LogP contribution in [-0.2, 0) is 16.0 Å². The normalized spacial score (nSPS) is 13.9. The maximum absolute atomic E-state index is 14.2. The Balaban J connectivity index is 1.52. The molecule has 38 heavy (non-hydrogen) atoms. The van der Waals surface area contributed by atoms with Gasteiger partial charge in [0.1, 0.15) is 11.4 Å². The van der Waals surface area contributed by atoms with Crippen LogP contribution in [0.2, 0.25) is 0 Å². The average molecular weight is 510 g/mol. The molecule has 0 saturated carbocycles. The summed E-state index contributed by atoms with van der Waals surface area (Å²) in [6, 6.07) is 24.3. The fourth-order valence-corrected chi connectivity index (χ4v) is 5.14. The number of ether oxygens (including phenoxy) is 2. The number of aromatic amines is 1. The summed E-state index contributed by atoms with van der Waals surface area (Å²) in [5.41, 5.74) is 5.96. The first kappa shape index (κ1) is 24.2. The number of pyridine rings is 1. The van der Waals surface area contributed by atoms with Gasteiger partial charge in [-0.2, -0.15) is 0 Å². The molecule has 1 saturated heterocycles. The lowest BCUT2D eigenvalue weighted by Crippen LogP contribution is -2.36. The number of imidazole rings is 1. The number of rotatable bonds is 8. The van der Waals surface area contributed by atoms with Gasteiger partial charge in [0.25, 0.3) is 5.56 Å². The number of benzene rings is 3. The summed E-state index contributed by atoms with van der Waals surface area (Å²) in [7, 11) is 1.67. The molecular weight excluding hydrogens is 478 g/mol. The topological polar surface area (TPSA) is 84.4 Å². The van der Waals surface area contributed by atoms with Gasteiger partial charge in [0.2, 0.25) is 0 Å². The predicted octanol–water partition coefficient (Wildman–Crippen LogP) is 4.49. The number of H-pyrrole nitrogens is 1. The Morgan fingerprint density at radius 3 is 2.63 bits per heavy atom. The van der Waals surface area contributed by atoms with Crippen molar-refractivity contribution in [2.45, 2.75) is 6.54 Å². The lowest BCUT2D eigenvalue weighted by Gasteiger charge is -2.28. The molecule has 3 aromatic carbocycles. The number of aromatic nitrogens is 3. The molecule has 0 bridgehead atoms. The van der Waals surface area contributed by atoms with Crippen molar-refractivity contribution in [3.8, 4) is 11.4 Å². The van der Waals surface area contributed by atoms with E-state index in [0.29, 0.717) is 31.1 Å². The smallest absolute Gasteiger partial charge is 0.264 e. The van der Waals surface area contributed by atoms with Crippen LogP contribution in [0.25, 0.3) is 33.3 Å². The van der Waals surface area contributed by atoms with Crippen LogP contribution in [0.15, 0.2) is 77.6 Å². The second kappa shape index (κ2) is 10.7. The highest BCUT2D eigenvalue weighted by Crippen LogP contribution is 2.33. The molecule has 6 rings (SSSR count). The van der Waals surface area contributed by atoms with E-state index in [9.17, 15) is 4.79 Å². The molecule has 8 heteroatoms. The summed E-state index contributed by atoms with van der Waals surface area (Å²) in [4.78, 5) is 24.9. The van der Waals surface area contributed by atoms with Gasteiger partial charge >= 0.3 is 0 Å². The maximum Gasteiger partial charge on any atom is 0.264 e. The van der Waals surface area contributed by atoms with Gasteiger partial charge < -0.3 is 29.2 Å². The molecule has 0 aliphatic carbocycles. The van der Waals surface area contributed by atoms with Crippen molar-refractivity contribution in [1.82, 2.24) is 14.5 Å². The van der Waals surface area contributed by atoms with Gasteiger partial charge in [-0.05, 0) is 29.8 Å². The molecule has 8 nitrogen and oxygen atoms in total. The van der Waals surface area contributed by atoms with Gasteiger partial charge in [0, 0.05) is 37.8 Å². The van der Waals surface area contributed by atoms with E-state index in [4.69, 9.17) is 14.5 Å². The lowest BCUT2D eigenvalue weighted by molar-refractivity contribution is 0.122. The van der Waals surface area contributed by atoms with Gasteiger partial charge in [0.15, 0.2) is 0 Å². The minimum atomic E-state index is -0.0973. The highest BCUT2D eigenvalue weighted by Gasteiger charge is 2.22. The first-order chi connectivity index (χ1) is 18.7. The van der Waals surface area contributed by atoms with E-state index < -0.39 is 0 Å². The Bertz CT molecular complexity index is 1620. The molecule has 0 spiro atoms. The van der Waals surface area contributed by atoms with E-state index in [1.165, 1.54) is 0 Å². The molecule has 2 aromatic heterocycles. The Morgan fingerprint density at radius 2 is 1.82 bits per heavy atom. The van der Waals surface area contributed by atoms with Gasteiger partial charge in [-0.1, -0.05) is 48.5 Å². The van der Waals surface area contributed by atoms with E-state index in [0.717, 1.165) is 65.2 Å². The number of morpholine rings is 1. The standard InChI is InChI=1S/C30H31N5O3/c1-37-16-13-31-28-23-9-5-6-10-26(23)35(20-21-7-3-2-4-8-21)30(36)27(28)29-32-24-12-11-22(19-25(24)33-29)34-14-17-38-18-15-34/h2-12,19,31H,13-18,20H2,1H3,(H,32,33). The van der Waals surface area contributed by atoms with Crippen LogP contribution in [0.3, 0.4) is 0 Å². The Morgan fingerprint density at radius 1 is 1.03 bits per heavy atom. The molecule has 194 valence electrons. The fraction of sp³-hybridized carbons (Fsp3) is 0.267. The SMILES string of the molecule is COCCNc1c(-c2nc3ccc(N4CCOCC4)cc3[nH]2)c(=O)n(Cc2ccccc2)c2ccccc12.